The fraction of sp³-hybridized carbons (Fsp3) is 0.382. The Bertz CT molecular complexity index is 1530. The number of carbonyl (C=O) groups excluding carboxylic acids is 5. The molecule has 2 heterocycles. The molecule has 2 N–H and O–H groups in total. The van der Waals surface area contributed by atoms with Crippen molar-refractivity contribution in [2.24, 2.45) is 5.41 Å². The second-order valence-corrected chi connectivity index (χ2v) is 12.0. The van der Waals surface area contributed by atoms with Crippen molar-refractivity contribution in [1.29, 1.82) is 0 Å². The van der Waals surface area contributed by atoms with Crippen molar-refractivity contribution >= 4 is 35.2 Å². The lowest BCUT2D eigenvalue weighted by Crippen LogP contribution is -2.46. The maximum Gasteiger partial charge on any atom is 0.253 e. The molecule has 0 aliphatic carbocycles. The normalized spacial score (nSPS) is 14.2. The summed E-state index contributed by atoms with van der Waals surface area (Å²) >= 11 is 0. The van der Waals surface area contributed by atoms with Crippen LogP contribution in [-0.2, 0) is 35.3 Å². The van der Waals surface area contributed by atoms with Crippen LogP contribution in [0.3, 0.4) is 0 Å². The van der Waals surface area contributed by atoms with E-state index in [0.717, 1.165) is 27.3 Å². The number of imide groups is 1. The van der Waals surface area contributed by atoms with E-state index in [1.165, 1.54) is 12.2 Å². The van der Waals surface area contributed by atoms with E-state index in [0.29, 0.717) is 6.54 Å². The number of amides is 5. The monoisotopic (exact) mass is 598 g/mol. The molecule has 0 saturated carbocycles. The minimum absolute atomic E-state index is 0.000842. The first-order chi connectivity index (χ1) is 20.9. The Morgan fingerprint density at radius 2 is 1.50 bits per heavy atom. The molecule has 0 bridgehead atoms. The maximum absolute atomic E-state index is 13.4. The fourth-order valence-electron chi connectivity index (χ4n) is 4.62. The Balaban J connectivity index is 1.24. The van der Waals surface area contributed by atoms with Crippen LogP contribution in [0.1, 0.15) is 57.2 Å². The second-order valence-electron chi connectivity index (χ2n) is 12.0. The summed E-state index contributed by atoms with van der Waals surface area (Å²) in [4.78, 5) is 64.8. The van der Waals surface area contributed by atoms with Crippen molar-refractivity contribution in [3.63, 3.8) is 0 Å². The zero-order valence-electron chi connectivity index (χ0n) is 25.6. The molecular weight excluding hydrogens is 560 g/mol. The number of anilines is 1. The highest BCUT2D eigenvalue weighted by molar-refractivity contribution is 6.13. The third-order valence-electron chi connectivity index (χ3n) is 7.41. The Morgan fingerprint density at radius 3 is 2.23 bits per heavy atom. The van der Waals surface area contributed by atoms with E-state index in [1.807, 2.05) is 48.5 Å². The number of carbonyl (C=O) groups is 5. The molecule has 0 radical (unpaired) electrons. The van der Waals surface area contributed by atoms with Gasteiger partial charge >= 0.3 is 0 Å². The molecule has 0 unspecified atom stereocenters. The van der Waals surface area contributed by atoms with Gasteiger partial charge < -0.3 is 20.3 Å². The molecule has 2 aliphatic rings. The largest absolute Gasteiger partial charge is 0.373 e. The van der Waals surface area contributed by atoms with Gasteiger partial charge in [-0.2, -0.15) is 0 Å². The first kappa shape index (κ1) is 32.2. The van der Waals surface area contributed by atoms with Gasteiger partial charge in [-0.3, -0.25) is 28.9 Å². The lowest BCUT2D eigenvalue weighted by atomic mass is 9.93. The van der Waals surface area contributed by atoms with Gasteiger partial charge in [0.05, 0.1) is 29.9 Å². The predicted octanol–water partition coefficient (Wildman–Crippen LogP) is 2.69. The summed E-state index contributed by atoms with van der Waals surface area (Å²) in [5.74, 6) is 4.81. The second kappa shape index (κ2) is 13.7. The van der Waals surface area contributed by atoms with Crippen molar-refractivity contribution < 1.29 is 28.7 Å². The molecule has 0 saturated heterocycles. The lowest BCUT2D eigenvalue weighted by molar-refractivity contribution is -0.139. The van der Waals surface area contributed by atoms with Crippen LogP contribution in [0.4, 0.5) is 5.69 Å². The summed E-state index contributed by atoms with van der Waals surface area (Å²) < 4.78 is 6.01. The molecule has 10 heteroatoms. The molecule has 2 aliphatic heterocycles. The van der Waals surface area contributed by atoms with Gasteiger partial charge in [0, 0.05) is 55.8 Å². The van der Waals surface area contributed by atoms with Gasteiger partial charge in [-0.25, -0.2) is 0 Å². The molecule has 0 fully saturated rings. The number of nitrogens with zero attached hydrogens (tertiary/aromatic N) is 2. The van der Waals surface area contributed by atoms with E-state index in [9.17, 15) is 24.0 Å². The fourth-order valence-corrected chi connectivity index (χ4v) is 4.62. The van der Waals surface area contributed by atoms with Gasteiger partial charge in [0.15, 0.2) is 0 Å². The molecule has 44 heavy (non-hydrogen) atoms. The van der Waals surface area contributed by atoms with Crippen LogP contribution >= 0.6 is 0 Å². The Hall–Kier alpha value is -4.75. The first-order valence-electron chi connectivity index (χ1n) is 14.6. The van der Waals surface area contributed by atoms with Gasteiger partial charge in [-0.1, -0.05) is 42.2 Å². The van der Waals surface area contributed by atoms with Crippen molar-refractivity contribution in [2.75, 3.05) is 31.1 Å². The molecule has 0 spiro atoms. The highest BCUT2D eigenvalue weighted by Crippen LogP contribution is 2.26. The van der Waals surface area contributed by atoms with E-state index in [-0.39, 0.29) is 56.8 Å². The number of fused-ring (bicyclic) bond motifs is 2. The number of rotatable bonds is 12. The minimum Gasteiger partial charge on any atom is -0.373 e. The standard InChI is InChI=1S/C34H38N4O6/c1-33(2,23-44-34(3,4)22-36-28(39)18-20-37-29(40)15-16-30(37)41)32(43)35-19-17-31(42)38-21-26-11-6-5-9-24(26)13-14-25-10-7-8-12-27(25)38/h5-12,15-16H,17-23H2,1-4H3,(H,35,43)(H,36,39). The summed E-state index contributed by atoms with van der Waals surface area (Å²) in [6.45, 7) is 7.87. The van der Waals surface area contributed by atoms with E-state index in [2.05, 4.69) is 22.5 Å². The van der Waals surface area contributed by atoms with Crippen molar-refractivity contribution in [3.05, 3.63) is 77.4 Å². The summed E-state index contributed by atoms with van der Waals surface area (Å²) in [6, 6.07) is 15.3. The topological polar surface area (TPSA) is 125 Å². The number of benzene rings is 2. The van der Waals surface area contributed by atoms with Crippen molar-refractivity contribution in [3.8, 4) is 11.8 Å². The average molecular weight is 599 g/mol. The minimum atomic E-state index is -0.907. The van der Waals surface area contributed by atoms with Crippen LogP contribution in [0.2, 0.25) is 0 Å². The van der Waals surface area contributed by atoms with Gasteiger partial charge in [0.25, 0.3) is 11.8 Å². The smallest absolute Gasteiger partial charge is 0.253 e. The zero-order valence-corrected chi connectivity index (χ0v) is 25.6. The molecule has 5 amide bonds. The van der Waals surface area contributed by atoms with Gasteiger partial charge in [-0.15, -0.1) is 0 Å². The maximum atomic E-state index is 13.4. The summed E-state index contributed by atoms with van der Waals surface area (Å²) in [6.07, 6.45) is 2.44. The Labute approximate surface area is 257 Å². The molecule has 10 nitrogen and oxygen atoms in total. The molecular formula is C34H38N4O6. The highest BCUT2D eigenvalue weighted by Gasteiger charge is 2.32. The Kier molecular flexibility index (Phi) is 10.0. The summed E-state index contributed by atoms with van der Waals surface area (Å²) in [7, 11) is 0. The van der Waals surface area contributed by atoms with Crippen LogP contribution < -0.4 is 15.5 Å². The van der Waals surface area contributed by atoms with E-state index in [4.69, 9.17) is 4.74 Å². The average Bonchev–Trinajstić information content (AvgIpc) is 3.31. The van der Waals surface area contributed by atoms with Gasteiger partial charge in [0.2, 0.25) is 17.7 Å². The van der Waals surface area contributed by atoms with Gasteiger partial charge in [0.1, 0.15) is 0 Å². The zero-order chi connectivity index (χ0) is 31.9. The number of ether oxygens (including phenoxy) is 1. The molecule has 2 aromatic rings. The number of hydrogen-bond donors (Lipinski definition) is 2. The number of para-hydroxylation sites is 1. The van der Waals surface area contributed by atoms with E-state index < -0.39 is 22.8 Å². The lowest BCUT2D eigenvalue weighted by Gasteiger charge is -2.31. The molecule has 230 valence electrons. The molecule has 0 aromatic heterocycles. The van der Waals surface area contributed by atoms with Gasteiger partial charge in [-0.05, 0) is 51.5 Å². The van der Waals surface area contributed by atoms with Crippen LogP contribution in [0.15, 0.2) is 60.7 Å². The van der Waals surface area contributed by atoms with Crippen molar-refractivity contribution in [1.82, 2.24) is 15.5 Å². The third kappa shape index (κ3) is 8.20. The van der Waals surface area contributed by atoms with Crippen LogP contribution in [0.25, 0.3) is 0 Å². The van der Waals surface area contributed by atoms with Crippen LogP contribution in [0.5, 0.6) is 0 Å². The predicted molar refractivity (Wildman–Crippen MR) is 165 cm³/mol. The summed E-state index contributed by atoms with van der Waals surface area (Å²) in [5.41, 5.74) is 1.65. The Morgan fingerprint density at radius 1 is 0.864 bits per heavy atom. The molecule has 4 rings (SSSR count). The number of nitrogens with one attached hydrogen (secondary N) is 2. The first-order valence-corrected chi connectivity index (χ1v) is 14.6. The SMILES string of the molecule is CC(C)(CNC(=O)CCN1C(=O)C=CC1=O)OCC(C)(C)C(=O)NCCC(=O)N1Cc2ccccc2C#Cc2ccccc21. The molecule has 0 atom stereocenters. The third-order valence-corrected chi connectivity index (χ3v) is 7.41. The van der Waals surface area contributed by atoms with E-state index in [1.54, 1.807) is 32.6 Å². The number of hydrogen-bond acceptors (Lipinski definition) is 6. The van der Waals surface area contributed by atoms with Crippen LogP contribution in [0, 0.1) is 17.3 Å². The quantitative estimate of drug-likeness (QED) is 0.286. The summed E-state index contributed by atoms with van der Waals surface area (Å²) in [5, 5.41) is 5.63. The molecule has 2 aromatic carbocycles. The van der Waals surface area contributed by atoms with E-state index >= 15 is 0 Å². The van der Waals surface area contributed by atoms with Crippen molar-refractivity contribution in [2.45, 2.75) is 52.7 Å². The highest BCUT2D eigenvalue weighted by atomic mass is 16.5. The van der Waals surface area contributed by atoms with Crippen LogP contribution in [-0.4, -0.2) is 66.3 Å².